The molecule has 0 fully saturated rings. The third-order valence-electron chi connectivity index (χ3n) is 4.04. The first-order chi connectivity index (χ1) is 12.1. The van der Waals surface area contributed by atoms with Gasteiger partial charge in [0.05, 0.1) is 0 Å². The van der Waals surface area contributed by atoms with E-state index in [1.54, 1.807) is 0 Å². The summed E-state index contributed by atoms with van der Waals surface area (Å²) >= 11 is 0. The fraction of sp³-hybridized carbons (Fsp3) is 0.619. The smallest absolute Gasteiger partial charge is 0.224 e. The zero-order valence-electron chi connectivity index (χ0n) is 17.4. The molecule has 146 valence electrons. The number of amides is 2. The van der Waals surface area contributed by atoms with E-state index in [0.717, 1.165) is 23.5 Å². The summed E-state index contributed by atoms with van der Waals surface area (Å²) in [6.07, 6.45) is 0.993. The van der Waals surface area contributed by atoms with Crippen molar-refractivity contribution in [2.75, 3.05) is 30.9 Å². The zero-order valence-corrected chi connectivity index (χ0v) is 17.4. The molecule has 0 aliphatic heterocycles. The molecule has 0 bridgehead atoms. The van der Waals surface area contributed by atoms with Crippen LogP contribution in [0.15, 0.2) is 18.2 Å². The van der Waals surface area contributed by atoms with Gasteiger partial charge in [-0.05, 0) is 35.6 Å². The predicted octanol–water partition coefficient (Wildman–Crippen LogP) is 4.13. The molecule has 0 unspecified atom stereocenters. The molecule has 0 radical (unpaired) electrons. The zero-order chi connectivity index (χ0) is 19.9. The highest BCUT2D eigenvalue weighted by Gasteiger charge is 2.17. The standard InChI is InChI=1S/C21H35N3O2/c1-8-21(26)24(13-16(4)5)14-17-12-18(9-10-19(17)23(6)7)22-20(25)11-15(2)3/h9-10,12,15-16H,8,11,13-14H2,1-7H3,(H,22,25). The molecule has 0 aliphatic carbocycles. The van der Waals surface area contributed by atoms with Gasteiger partial charge in [-0.15, -0.1) is 0 Å². The van der Waals surface area contributed by atoms with Gasteiger partial charge in [-0.3, -0.25) is 9.59 Å². The maximum atomic E-state index is 12.4. The average Bonchev–Trinajstić information content (AvgIpc) is 2.52. The number of nitrogens with zero attached hydrogens (tertiary/aromatic N) is 2. The molecule has 0 aliphatic rings. The van der Waals surface area contributed by atoms with Crippen LogP contribution in [-0.2, 0) is 16.1 Å². The maximum Gasteiger partial charge on any atom is 0.224 e. The second kappa shape index (κ2) is 10.2. The van der Waals surface area contributed by atoms with Crippen molar-refractivity contribution < 1.29 is 9.59 Å². The number of nitrogens with one attached hydrogen (secondary N) is 1. The lowest BCUT2D eigenvalue weighted by atomic mass is 10.1. The summed E-state index contributed by atoms with van der Waals surface area (Å²) in [6, 6.07) is 5.92. The molecule has 1 rings (SSSR count). The van der Waals surface area contributed by atoms with Gasteiger partial charge < -0.3 is 15.1 Å². The van der Waals surface area contributed by atoms with Gasteiger partial charge >= 0.3 is 0 Å². The Kier molecular flexibility index (Phi) is 8.62. The van der Waals surface area contributed by atoms with E-state index in [-0.39, 0.29) is 11.8 Å². The molecule has 2 amide bonds. The summed E-state index contributed by atoms with van der Waals surface area (Å²) in [6.45, 7) is 11.5. The fourth-order valence-corrected chi connectivity index (χ4v) is 2.93. The minimum absolute atomic E-state index is 0.0206. The molecule has 0 spiro atoms. The van der Waals surface area contributed by atoms with Gasteiger partial charge in [-0.25, -0.2) is 0 Å². The Bertz CT molecular complexity index is 609. The largest absolute Gasteiger partial charge is 0.377 e. The van der Waals surface area contributed by atoms with E-state index < -0.39 is 0 Å². The quantitative estimate of drug-likeness (QED) is 0.719. The van der Waals surface area contributed by atoms with E-state index in [1.807, 2.05) is 62.9 Å². The Labute approximate surface area is 158 Å². The summed E-state index contributed by atoms with van der Waals surface area (Å²) in [7, 11) is 3.98. The van der Waals surface area contributed by atoms with Crippen molar-refractivity contribution in [2.45, 2.75) is 54.0 Å². The van der Waals surface area contributed by atoms with Crippen LogP contribution in [0.1, 0.15) is 53.0 Å². The number of hydrogen-bond donors (Lipinski definition) is 1. The second-order valence-corrected chi connectivity index (χ2v) is 7.91. The van der Waals surface area contributed by atoms with E-state index in [0.29, 0.717) is 31.2 Å². The van der Waals surface area contributed by atoms with Gasteiger partial charge in [-0.1, -0.05) is 34.6 Å². The van der Waals surface area contributed by atoms with E-state index in [1.165, 1.54) is 0 Å². The van der Waals surface area contributed by atoms with Crippen LogP contribution in [0.5, 0.6) is 0 Å². The van der Waals surface area contributed by atoms with E-state index in [4.69, 9.17) is 0 Å². The van der Waals surface area contributed by atoms with Gasteiger partial charge in [0.15, 0.2) is 0 Å². The Hall–Kier alpha value is -2.04. The van der Waals surface area contributed by atoms with Crippen molar-refractivity contribution in [2.24, 2.45) is 11.8 Å². The fourth-order valence-electron chi connectivity index (χ4n) is 2.93. The SMILES string of the molecule is CCC(=O)N(Cc1cc(NC(=O)CC(C)C)ccc1N(C)C)CC(C)C. The van der Waals surface area contributed by atoms with Crippen LogP contribution in [0, 0.1) is 11.8 Å². The van der Waals surface area contributed by atoms with E-state index in [9.17, 15) is 9.59 Å². The first-order valence-corrected chi connectivity index (χ1v) is 9.51. The number of anilines is 2. The number of carbonyl (C=O) groups excluding carboxylic acids is 2. The van der Waals surface area contributed by atoms with Gasteiger partial charge in [-0.2, -0.15) is 0 Å². The monoisotopic (exact) mass is 361 g/mol. The van der Waals surface area contributed by atoms with Crippen molar-refractivity contribution in [3.8, 4) is 0 Å². The number of rotatable bonds is 9. The summed E-state index contributed by atoms with van der Waals surface area (Å²) in [5, 5.41) is 2.98. The lowest BCUT2D eigenvalue weighted by Gasteiger charge is -2.27. The minimum Gasteiger partial charge on any atom is -0.377 e. The molecule has 5 heteroatoms. The van der Waals surface area contributed by atoms with Crippen LogP contribution in [0.3, 0.4) is 0 Å². The van der Waals surface area contributed by atoms with Crippen molar-refractivity contribution in [3.05, 3.63) is 23.8 Å². The average molecular weight is 362 g/mol. The maximum absolute atomic E-state index is 12.4. The molecule has 0 aromatic heterocycles. The Morgan fingerprint density at radius 1 is 1.08 bits per heavy atom. The summed E-state index contributed by atoms with van der Waals surface area (Å²) in [5.41, 5.74) is 2.88. The van der Waals surface area contributed by atoms with E-state index in [2.05, 4.69) is 19.2 Å². The molecule has 5 nitrogen and oxygen atoms in total. The highest BCUT2D eigenvalue weighted by atomic mass is 16.2. The summed E-state index contributed by atoms with van der Waals surface area (Å²) in [5.74, 6) is 0.895. The summed E-state index contributed by atoms with van der Waals surface area (Å²) < 4.78 is 0. The van der Waals surface area contributed by atoms with Crippen molar-refractivity contribution >= 4 is 23.2 Å². The molecular weight excluding hydrogens is 326 g/mol. The molecule has 1 aromatic carbocycles. The Balaban J connectivity index is 3.09. The van der Waals surface area contributed by atoms with Gasteiger partial charge in [0.1, 0.15) is 0 Å². The predicted molar refractivity (Wildman–Crippen MR) is 109 cm³/mol. The Morgan fingerprint density at radius 2 is 1.73 bits per heavy atom. The number of hydrogen-bond acceptors (Lipinski definition) is 3. The Morgan fingerprint density at radius 3 is 2.23 bits per heavy atom. The number of carbonyl (C=O) groups is 2. The molecule has 0 atom stereocenters. The van der Waals surface area contributed by atoms with Gasteiger partial charge in [0.25, 0.3) is 0 Å². The third kappa shape index (κ3) is 7.06. The van der Waals surface area contributed by atoms with Gasteiger partial charge in [0.2, 0.25) is 11.8 Å². The topological polar surface area (TPSA) is 52.7 Å². The molecule has 26 heavy (non-hydrogen) atoms. The van der Waals surface area contributed by atoms with Crippen molar-refractivity contribution in [1.82, 2.24) is 4.90 Å². The van der Waals surface area contributed by atoms with Crippen LogP contribution >= 0.6 is 0 Å². The van der Waals surface area contributed by atoms with Gasteiger partial charge in [0, 0.05) is 51.4 Å². The first kappa shape index (κ1) is 22.0. The highest BCUT2D eigenvalue weighted by Crippen LogP contribution is 2.25. The third-order valence-corrected chi connectivity index (χ3v) is 4.04. The molecule has 1 N–H and O–H groups in total. The first-order valence-electron chi connectivity index (χ1n) is 9.51. The normalized spacial score (nSPS) is 11.0. The van der Waals surface area contributed by atoms with E-state index >= 15 is 0 Å². The molecule has 0 heterocycles. The van der Waals surface area contributed by atoms with Crippen LogP contribution in [0.4, 0.5) is 11.4 Å². The lowest BCUT2D eigenvalue weighted by Crippen LogP contribution is -2.33. The highest BCUT2D eigenvalue weighted by molar-refractivity contribution is 5.91. The van der Waals surface area contributed by atoms with Crippen molar-refractivity contribution in [3.63, 3.8) is 0 Å². The number of benzene rings is 1. The molecular formula is C21H35N3O2. The minimum atomic E-state index is 0.0206. The molecule has 0 saturated carbocycles. The van der Waals surface area contributed by atoms with Crippen LogP contribution < -0.4 is 10.2 Å². The van der Waals surface area contributed by atoms with Crippen molar-refractivity contribution in [1.29, 1.82) is 0 Å². The van der Waals surface area contributed by atoms with Crippen LogP contribution in [0.25, 0.3) is 0 Å². The lowest BCUT2D eigenvalue weighted by molar-refractivity contribution is -0.132. The molecule has 0 saturated heterocycles. The molecule has 1 aromatic rings. The summed E-state index contributed by atoms with van der Waals surface area (Å²) in [4.78, 5) is 28.4. The second-order valence-electron chi connectivity index (χ2n) is 7.91. The van der Waals surface area contributed by atoms with Crippen LogP contribution in [-0.4, -0.2) is 37.4 Å². The van der Waals surface area contributed by atoms with Crippen LogP contribution in [0.2, 0.25) is 0 Å².